The summed E-state index contributed by atoms with van der Waals surface area (Å²) < 4.78 is 7.23. The molecular formula is C28H38N6O4. The molecule has 3 amide bonds. The Morgan fingerprint density at radius 2 is 1.74 bits per heavy atom. The van der Waals surface area contributed by atoms with Crippen LogP contribution >= 0.6 is 0 Å². The van der Waals surface area contributed by atoms with Gasteiger partial charge >= 0.3 is 6.03 Å². The summed E-state index contributed by atoms with van der Waals surface area (Å²) in [4.78, 5) is 43.0. The van der Waals surface area contributed by atoms with Crippen LogP contribution in [0.2, 0.25) is 0 Å². The van der Waals surface area contributed by atoms with Gasteiger partial charge in [-0.3, -0.25) is 14.5 Å². The monoisotopic (exact) mass is 522 g/mol. The average Bonchev–Trinajstić information content (AvgIpc) is 3.65. The third kappa shape index (κ3) is 5.85. The molecule has 1 N–H and O–H groups in total. The lowest BCUT2D eigenvalue weighted by Crippen LogP contribution is -2.53. The van der Waals surface area contributed by atoms with Gasteiger partial charge in [0.2, 0.25) is 5.91 Å². The zero-order valence-corrected chi connectivity index (χ0v) is 22.4. The number of amides is 3. The fraction of sp³-hybridized carbons (Fsp3) is 0.571. The van der Waals surface area contributed by atoms with Crippen LogP contribution in [-0.2, 0) is 16.1 Å². The van der Waals surface area contributed by atoms with Crippen LogP contribution in [-0.4, -0.2) is 87.2 Å². The minimum atomic E-state index is -0.216. The van der Waals surface area contributed by atoms with Crippen LogP contribution in [0.1, 0.15) is 56.6 Å². The number of nitrogens with zero attached hydrogens (tertiary/aromatic N) is 5. The minimum absolute atomic E-state index is 0.0619. The molecule has 0 saturated carbocycles. The van der Waals surface area contributed by atoms with Gasteiger partial charge in [-0.2, -0.15) is 4.68 Å². The summed E-state index contributed by atoms with van der Waals surface area (Å²) in [6, 6.07) is 7.73. The molecule has 5 rings (SSSR count). The Morgan fingerprint density at radius 3 is 2.47 bits per heavy atom. The Bertz CT molecular complexity index is 1180. The molecule has 0 aliphatic carbocycles. The third-order valence-electron chi connectivity index (χ3n) is 8.10. The molecule has 38 heavy (non-hydrogen) atoms. The van der Waals surface area contributed by atoms with Gasteiger partial charge in [0.1, 0.15) is 5.75 Å². The van der Waals surface area contributed by atoms with Crippen molar-refractivity contribution in [2.45, 2.75) is 64.5 Å². The number of likely N-dealkylation sites (tertiary alicyclic amines) is 3. The highest BCUT2D eigenvalue weighted by molar-refractivity contribution is 5.88. The van der Waals surface area contributed by atoms with Crippen LogP contribution < -0.4 is 10.1 Å². The molecule has 3 aliphatic rings. The number of carbonyl (C=O) groups is 3. The number of hydrogen-bond donors (Lipinski definition) is 1. The zero-order valence-electron chi connectivity index (χ0n) is 22.4. The molecular weight excluding hydrogens is 484 g/mol. The van der Waals surface area contributed by atoms with E-state index >= 15 is 0 Å². The van der Waals surface area contributed by atoms with Crippen LogP contribution in [0.3, 0.4) is 0 Å². The summed E-state index contributed by atoms with van der Waals surface area (Å²) in [6.45, 7) is 8.44. The van der Waals surface area contributed by atoms with E-state index in [-0.39, 0.29) is 30.0 Å². The van der Waals surface area contributed by atoms with Crippen LogP contribution in [0.25, 0.3) is 0 Å². The normalized spacial score (nSPS) is 19.2. The first-order valence-electron chi connectivity index (χ1n) is 13.7. The molecule has 0 atom stereocenters. The van der Waals surface area contributed by atoms with Gasteiger partial charge in [0.15, 0.2) is 12.4 Å². The number of carbonyl (C=O) groups excluding carboxylic acids is 3. The summed E-state index contributed by atoms with van der Waals surface area (Å²) in [6.07, 6.45) is 7.85. The highest BCUT2D eigenvalue weighted by atomic mass is 16.5. The lowest BCUT2D eigenvalue weighted by molar-refractivity contribution is -0.132. The second-order valence-electron chi connectivity index (χ2n) is 10.9. The highest BCUT2D eigenvalue weighted by Crippen LogP contribution is 2.39. The van der Waals surface area contributed by atoms with Gasteiger partial charge in [0.25, 0.3) is 5.91 Å². The number of ether oxygens (including phenoxy) is 1. The van der Waals surface area contributed by atoms with E-state index in [9.17, 15) is 14.4 Å². The van der Waals surface area contributed by atoms with E-state index in [1.807, 2.05) is 15.9 Å². The van der Waals surface area contributed by atoms with Gasteiger partial charge in [-0.1, -0.05) is 6.07 Å². The van der Waals surface area contributed by atoms with Gasteiger partial charge in [-0.15, -0.1) is 5.10 Å². The molecule has 1 aromatic heterocycles. The second-order valence-corrected chi connectivity index (χ2v) is 10.9. The van der Waals surface area contributed by atoms with Crippen molar-refractivity contribution in [3.63, 3.8) is 0 Å². The predicted molar refractivity (Wildman–Crippen MR) is 143 cm³/mol. The first-order chi connectivity index (χ1) is 18.3. The predicted octanol–water partition coefficient (Wildman–Crippen LogP) is 3.25. The van der Waals surface area contributed by atoms with Crippen LogP contribution in [0, 0.1) is 6.92 Å². The first kappa shape index (κ1) is 26.2. The maximum atomic E-state index is 13.0. The molecule has 3 aliphatic heterocycles. The van der Waals surface area contributed by atoms with Crippen LogP contribution in [0.4, 0.5) is 10.6 Å². The summed E-state index contributed by atoms with van der Waals surface area (Å²) in [5.41, 5.74) is 2.40. The SMILES string of the molecule is CC(=O)Nc1ccn(C(=O)N2CCC3(CCCN3Cc3cc(C)cc(OCC(=O)N4CCCC4)c3)CC2)n1. The lowest BCUT2D eigenvalue weighted by atomic mass is 9.84. The summed E-state index contributed by atoms with van der Waals surface area (Å²) in [7, 11) is 0. The van der Waals surface area contributed by atoms with E-state index in [1.165, 1.54) is 17.2 Å². The average molecular weight is 523 g/mol. The van der Waals surface area contributed by atoms with Gasteiger partial charge in [-0.05, 0) is 75.3 Å². The maximum Gasteiger partial charge on any atom is 0.344 e. The van der Waals surface area contributed by atoms with Crippen LogP contribution in [0.15, 0.2) is 30.5 Å². The van der Waals surface area contributed by atoms with E-state index in [4.69, 9.17) is 4.74 Å². The standard InChI is InChI=1S/C28H38N6O4/c1-21-16-23(18-24(17-21)38-20-26(36)31-10-3-4-11-31)19-33-12-5-7-28(33)8-14-32(15-9-28)27(37)34-13-6-25(30-34)29-22(2)35/h6,13,16-18H,3-5,7-12,14-15,19-20H2,1-2H3,(H,29,30,35). The van der Waals surface area contributed by atoms with Crippen molar-refractivity contribution < 1.29 is 19.1 Å². The lowest BCUT2D eigenvalue weighted by Gasteiger charge is -2.45. The van der Waals surface area contributed by atoms with E-state index in [0.29, 0.717) is 18.9 Å². The molecule has 3 fully saturated rings. The van der Waals surface area contributed by atoms with Gasteiger partial charge in [0, 0.05) is 57.4 Å². The van der Waals surface area contributed by atoms with Crippen LogP contribution in [0.5, 0.6) is 5.75 Å². The number of benzene rings is 1. The number of hydrogen-bond acceptors (Lipinski definition) is 6. The van der Waals surface area contributed by atoms with Gasteiger partial charge in [0.05, 0.1) is 0 Å². The number of nitrogens with one attached hydrogen (secondary N) is 1. The highest BCUT2D eigenvalue weighted by Gasteiger charge is 2.43. The van der Waals surface area contributed by atoms with Gasteiger partial charge in [-0.25, -0.2) is 4.79 Å². The number of piperidine rings is 1. The number of aryl methyl sites for hydroxylation is 1. The van der Waals surface area contributed by atoms with E-state index < -0.39 is 0 Å². The Hall–Kier alpha value is -3.40. The maximum absolute atomic E-state index is 13.0. The molecule has 10 heteroatoms. The first-order valence-corrected chi connectivity index (χ1v) is 13.7. The topological polar surface area (TPSA) is 100 Å². The quantitative estimate of drug-likeness (QED) is 0.625. The number of rotatable bonds is 6. The van der Waals surface area contributed by atoms with E-state index in [0.717, 1.165) is 76.0 Å². The van der Waals surface area contributed by atoms with Crippen molar-refractivity contribution in [1.29, 1.82) is 0 Å². The van der Waals surface area contributed by atoms with Gasteiger partial charge < -0.3 is 19.9 Å². The Balaban J connectivity index is 1.18. The van der Waals surface area contributed by atoms with Crippen molar-refractivity contribution in [2.75, 3.05) is 44.6 Å². The Morgan fingerprint density at radius 1 is 0.974 bits per heavy atom. The van der Waals surface area contributed by atoms with Crippen molar-refractivity contribution in [2.24, 2.45) is 0 Å². The summed E-state index contributed by atoms with van der Waals surface area (Å²) in [5, 5.41) is 6.81. The van der Waals surface area contributed by atoms with E-state index in [1.54, 1.807) is 12.3 Å². The van der Waals surface area contributed by atoms with Crippen molar-refractivity contribution in [3.05, 3.63) is 41.6 Å². The molecule has 0 radical (unpaired) electrons. The van der Waals surface area contributed by atoms with E-state index in [2.05, 4.69) is 34.4 Å². The molecule has 1 spiro atoms. The van der Waals surface area contributed by atoms with Crippen molar-refractivity contribution in [3.8, 4) is 5.75 Å². The molecule has 10 nitrogen and oxygen atoms in total. The fourth-order valence-corrected chi connectivity index (χ4v) is 6.17. The molecule has 0 unspecified atom stereocenters. The number of anilines is 1. The molecule has 2 aromatic rings. The zero-order chi connectivity index (χ0) is 26.7. The molecule has 0 bridgehead atoms. The molecule has 4 heterocycles. The largest absolute Gasteiger partial charge is 0.484 e. The fourth-order valence-electron chi connectivity index (χ4n) is 6.17. The summed E-state index contributed by atoms with van der Waals surface area (Å²) >= 11 is 0. The molecule has 1 aromatic carbocycles. The summed E-state index contributed by atoms with van der Waals surface area (Å²) in [5.74, 6) is 0.973. The number of aromatic nitrogens is 2. The van der Waals surface area contributed by atoms with Crippen molar-refractivity contribution in [1.82, 2.24) is 24.5 Å². The second kappa shape index (κ2) is 11.1. The molecule has 3 saturated heterocycles. The smallest absolute Gasteiger partial charge is 0.344 e. The Kier molecular flexibility index (Phi) is 7.69. The third-order valence-corrected chi connectivity index (χ3v) is 8.10. The minimum Gasteiger partial charge on any atom is -0.484 e. The van der Waals surface area contributed by atoms with Crippen molar-refractivity contribution >= 4 is 23.7 Å². The Labute approximate surface area is 223 Å². The molecule has 204 valence electrons.